The van der Waals surface area contributed by atoms with Crippen molar-refractivity contribution >= 4 is 17.6 Å². The molecule has 2 N–H and O–H groups in total. The molecule has 6 nitrogen and oxygen atoms in total. The molecule has 1 aromatic heterocycles. The van der Waals surface area contributed by atoms with Crippen LogP contribution < -0.4 is 10.6 Å². The molecule has 3 atom stereocenters. The first-order chi connectivity index (χ1) is 9.01. The van der Waals surface area contributed by atoms with Crippen LogP contribution in [0.15, 0.2) is 10.6 Å². The molecule has 1 saturated carbocycles. The number of aromatic nitrogens is 1. The van der Waals surface area contributed by atoms with Crippen LogP contribution in [-0.2, 0) is 9.59 Å². The number of anilines is 1. The van der Waals surface area contributed by atoms with E-state index in [1.54, 1.807) is 13.0 Å². The van der Waals surface area contributed by atoms with Crippen LogP contribution in [0.25, 0.3) is 0 Å². The van der Waals surface area contributed by atoms with E-state index >= 15 is 0 Å². The molecule has 1 aliphatic carbocycles. The lowest BCUT2D eigenvalue weighted by molar-refractivity contribution is -0.125. The Morgan fingerprint density at radius 3 is 2.74 bits per heavy atom. The fourth-order valence-corrected chi connectivity index (χ4v) is 1.87. The number of aryl methyl sites for hydroxylation is 1. The monoisotopic (exact) mass is 265 g/mol. The van der Waals surface area contributed by atoms with Crippen molar-refractivity contribution in [2.75, 3.05) is 5.32 Å². The Labute approximate surface area is 111 Å². The second-order valence-electron chi connectivity index (χ2n) is 5.08. The predicted molar refractivity (Wildman–Crippen MR) is 69.4 cm³/mol. The molecular formula is C13H19N3O3. The van der Waals surface area contributed by atoms with Crippen molar-refractivity contribution in [3.63, 3.8) is 0 Å². The van der Waals surface area contributed by atoms with Gasteiger partial charge in [-0.1, -0.05) is 12.1 Å². The molecule has 0 aromatic carbocycles. The molecule has 6 heteroatoms. The highest BCUT2D eigenvalue weighted by atomic mass is 16.5. The quantitative estimate of drug-likeness (QED) is 0.844. The van der Waals surface area contributed by atoms with Crippen molar-refractivity contribution < 1.29 is 14.1 Å². The van der Waals surface area contributed by atoms with Gasteiger partial charge in [0, 0.05) is 12.1 Å². The largest absolute Gasteiger partial charge is 0.360 e. The smallest absolute Gasteiger partial charge is 0.229 e. The minimum absolute atomic E-state index is 0.0363. The number of amides is 2. The van der Waals surface area contributed by atoms with Gasteiger partial charge in [0.05, 0.1) is 11.8 Å². The first-order valence-corrected chi connectivity index (χ1v) is 6.55. The summed E-state index contributed by atoms with van der Waals surface area (Å²) in [6, 6.07) is 1.80. The van der Waals surface area contributed by atoms with Gasteiger partial charge in [0.25, 0.3) is 0 Å². The summed E-state index contributed by atoms with van der Waals surface area (Å²) >= 11 is 0. The van der Waals surface area contributed by atoms with E-state index in [-0.39, 0.29) is 29.7 Å². The van der Waals surface area contributed by atoms with Crippen molar-refractivity contribution in [1.82, 2.24) is 10.5 Å². The molecule has 19 heavy (non-hydrogen) atoms. The maximum Gasteiger partial charge on any atom is 0.229 e. The van der Waals surface area contributed by atoms with E-state index in [1.807, 2.05) is 13.8 Å². The number of nitrogens with one attached hydrogen (secondary N) is 2. The topological polar surface area (TPSA) is 84.2 Å². The van der Waals surface area contributed by atoms with Crippen molar-refractivity contribution in [1.29, 1.82) is 0 Å². The minimum atomic E-state index is -0.249. The van der Waals surface area contributed by atoms with Gasteiger partial charge in [-0.3, -0.25) is 9.59 Å². The molecule has 3 unspecified atom stereocenters. The van der Waals surface area contributed by atoms with Crippen LogP contribution in [0.4, 0.5) is 5.82 Å². The summed E-state index contributed by atoms with van der Waals surface area (Å²) in [5, 5.41) is 9.23. The zero-order valence-corrected chi connectivity index (χ0v) is 11.4. The van der Waals surface area contributed by atoms with Gasteiger partial charge >= 0.3 is 0 Å². The standard InChI is InChI=1S/C13H19N3O3/c1-4-7(2)14-12(17)9-6-10(9)13(18)15-11-5-8(3)19-16-11/h5,7,9-10H,4,6H2,1-3H3,(H,14,17)(H,15,16,18). The van der Waals surface area contributed by atoms with Gasteiger partial charge in [-0.25, -0.2) is 0 Å². The van der Waals surface area contributed by atoms with E-state index in [9.17, 15) is 9.59 Å². The molecule has 0 radical (unpaired) electrons. The van der Waals surface area contributed by atoms with Crippen LogP contribution in [0.3, 0.4) is 0 Å². The average molecular weight is 265 g/mol. The number of nitrogens with zero attached hydrogens (tertiary/aromatic N) is 1. The summed E-state index contributed by atoms with van der Waals surface area (Å²) in [6.07, 6.45) is 1.48. The number of hydrogen-bond donors (Lipinski definition) is 2. The molecule has 1 fully saturated rings. The minimum Gasteiger partial charge on any atom is -0.360 e. The lowest BCUT2D eigenvalue weighted by atomic mass is 10.2. The number of carbonyl (C=O) groups is 2. The molecule has 2 amide bonds. The van der Waals surface area contributed by atoms with E-state index in [0.717, 1.165) is 6.42 Å². The Bertz CT molecular complexity index is 483. The van der Waals surface area contributed by atoms with Crippen molar-refractivity contribution in [3.05, 3.63) is 11.8 Å². The van der Waals surface area contributed by atoms with E-state index in [4.69, 9.17) is 4.52 Å². The Morgan fingerprint density at radius 1 is 1.47 bits per heavy atom. The molecule has 0 aliphatic heterocycles. The van der Waals surface area contributed by atoms with Crippen LogP contribution in [0.5, 0.6) is 0 Å². The van der Waals surface area contributed by atoms with E-state index in [0.29, 0.717) is 18.0 Å². The third kappa shape index (κ3) is 3.33. The predicted octanol–water partition coefficient (Wildman–Crippen LogP) is 1.47. The SMILES string of the molecule is CCC(C)NC(=O)C1CC1C(=O)Nc1cc(C)on1. The van der Waals surface area contributed by atoms with Crippen molar-refractivity contribution in [3.8, 4) is 0 Å². The molecule has 2 rings (SSSR count). The summed E-state index contributed by atoms with van der Waals surface area (Å²) in [4.78, 5) is 23.7. The second kappa shape index (κ2) is 5.42. The normalized spacial score (nSPS) is 22.7. The van der Waals surface area contributed by atoms with E-state index < -0.39 is 0 Å². The zero-order chi connectivity index (χ0) is 14.0. The molecule has 1 heterocycles. The lowest BCUT2D eigenvalue weighted by Crippen LogP contribution is -2.34. The van der Waals surface area contributed by atoms with Crippen molar-refractivity contribution in [2.45, 2.75) is 39.7 Å². The fourth-order valence-electron chi connectivity index (χ4n) is 1.87. The molecule has 1 aromatic rings. The number of hydrogen-bond acceptors (Lipinski definition) is 4. The Balaban J connectivity index is 1.82. The van der Waals surface area contributed by atoms with Crippen molar-refractivity contribution in [2.24, 2.45) is 11.8 Å². The average Bonchev–Trinajstić information content (AvgIpc) is 3.08. The Kier molecular flexibility index (Phi) is 3.87. The van der Waals surface area contributed by atoms with Gasteiger partial charge in [0.1, 0.15) is 5.76 Å². The maximum atomic E-state index is 11.9. The van der Waals surface area contributed by atoms with Gasteiger partial charge in [-0.2, -0.15) is 0 Å². The molecule has 0 bridgehead atoms. The summed E-state index contributed by atoms with van der Waals surface area (Å²) in [7, 11) is 0. The van der Waals surface area contributed by atoms with Crippen LogP contribution in [-0.4, -0.2) is 23.0 Å². The van der Waals surface area contributed by atoms with Crippen LogP contribution in [0.1, 0.15) is 32.4 Å². The highest BCUT2D eigenvalue weighted by molar-refractivity contribution is 5.99. The van der Waals surface area contributed by atoms with Gasteiger partial charge in [-0.05, 0) is 26.7 Å². The molecule has 104 valence electrons. The van der Waals surface area contributed by atoms with Crippen LogP contribution in [0, 0.1) is 18.8 Å². The lowest BCUT2D eigenvalue weighted by Gasteiger charge is -2.10. The van der Waals surface area contributed by atoms with Gasteiger partial charge in [0.15, 0.2) is 5.82 Å². The molecule has 1 aliphatic rings. The van der Waals surface area contributed by atoms with E-state index in [2.05, 4.69) is 15.8 Å². The summed E-state index contributed by atoms with van der Waals surface area (Å²) in [5.74, 6) is 0.374. The van der Waals surface area contributed by atoms with Crippen LogP contribution >= 0.6 is 0 Å². The zero-order valence-electron chi connectivity index (χ0n) is 11.4. The van der Waals surface area contributed by atoms with Gasteiger partial charge < -0.3 is 15.2 Å². The van der Waals surface area contributed by atoms with Gasteiger partial charge in [-0.15, -0.1) is 0 Å². The number of rotatable bonds is 5. The third-order valence-electron chi connectivity index (χ3n) is 3.34. The summed E-state index contributed by atoms with van der Waals surface area (Å²) in [5.41, 5.74) is 0. The van der Waals surface area contributed by atoms with E-state index in [1.165, 1.54) is 0 Å². The number of carbonyl (C=O) groups excluding carboxylic acids is 2. The molecule has 0 saturated heterocycles. The molecular weight excluding hydrogens is 246 g/mol. The highest BCUT2D eigenvalue weighted by Gasteiger charge is 2.48. The van der Waals surface area contributed by atoms with Gasteiger partial charge in [0.2, 0.25) is 11.8 Å². The fraction of sp³-hybridized carbons (Fsp3) is 0.615. The summed E-state index contributed by atoms with van der Waals surface area (Å²) in [6.45, 7) is 5.71. The first kappa shape index (κ1) is 13.6. The second-order valence-corrected chi connectivity index (χ2v) is 5.08. The van der Waals surface area contributed by atoms with Crippen LogP contribution in [0.2, 0.25) is 0 Å². The summed E-state index contributed by atoms with van der Waals surface area (Å²) < 4.78 is 4.86. The highest BCUT2D eigenvalue weighted by Crippen LogP contribution is 2.39. The third-order valence-corrected chi connectivity index (χ3v) is 3.34. The Hall–Kier alpha value is -1.85. The molecule has 0 spiro atoms. The maximum absolute atomic E-state index is 11.9. The Morgan fingerprint density at radius 2 is 2.16 bits per heavy atom. The first-order valence-electron chi connectivity index (χ1n) is 6.55.